The molecule has 1 aromatic carbocycles. The molecule has 1 aliphatic heterocycles. The molecule has 2 atom stereocenters. The molecule has 11 heteroatoms. The second-order valence-electron chi connectivity index (χ2n) is 9.62. The normalized spacial score (nSPS) is 17.7. The quantitative estimate of drug-likeness (QED) is 0.396. The first-order valence-corrected chi connectivity index (χ1v) is 14.1. The summed E-state index contributed by atoms with van der Waals surface area (Å²) in [5.74, 6) is -0.874. The Balaban J connectivity index is 1.44. The fraction of sp³-hybridized carbons (Fsp3) is 0.519. The van der Waals surface area contributed by atoms with Gasteiger partial charge in [0.25, 0.3) is 0 Å². The molecule has 38 heavy (non-hydrogen) atoms. The largest absolute Gasteiger partial charge is 0.378 e. The lowest BCUT2D eigenvalue weighted by Crippen LogP contribution is -2.58. The monoisotopic (exact) mass is 541 g/mol. The van der Waals surface area contributed by atoms with Crippen molar-refractivity contribution in [1.29, 1.82) is 0 Å². The highest BCUT2D eigenvalue weighted by atomic mass is 32.1. The first kappa shape index (κ1) is 27.7. The van der Waals surface area contributed by atoms with Crippen LogP contribution in [0.15, 0.2) is 35.7 Å². The van der Waals surface area contributed by atoms with E-state index in [9.17, 15) is 19.2 Å². The van der Waals surface area contributed by atoms with E-state index >= 15 is 0 Å². The van der Waals surface area contributed by atoms with Gasteiger partial charge in [-0.15, -0.1) is 11.3 Å². The molecule has 2 aliphatic rings. The summed E-state index contributed by atoms with van der Waals surface area (Å²) in [5, 5.41) is 10.8. The predicted octanol–water partition coefficient (Wildman–Crippen LogP) is 3.20. The number of carbonyl (C=O) groups is 4. The predicted molar refractivity (Wildman–Crippen MR) is 145 cm³/mol. The lowest BCUT2D eigenvalue weighted by molar-refractivity contribution is -0.129. The SMILES string of the molecule is O=CCC[C@H](NC(=O)[C@H](NC(=O)N1CCOCC1)C1CCCCC1)C(=O)Nc1nc(-c2ccccc2)cs1. The molecular formula is C27H35N5O5S. The Morgan fingerprint density at radius 2 is 1.79 bits per heavy atom. The highest BCUT2D eigenvalue weighted by molar-refractivity contribution is 7.14. The molecular weight excluding hydrogens is 506 g/mol. The molecule has 2 heterocycles. The van der Waals surface area contributed by atoms with Gasteiger partial charge < -0.3 is 30.4 Å². The number of thiazole rings is 1. The third kappa shape index (κ3) is 7.61. The van der Waals surface area contributed by atoms with Crippen LogP contribution in [-0.4, -0.2) is 72.4 Å². The number of anilines is 1. The maximum Gasteiger partial charge on any atom is 0.318 e. The van der Waals surface area contributed by atoms with Crippen LogP contribution in [0.4, 0.5) is 9.93 Å². The number of hydrogen-bond donors (Lipinski definition) is 3. The van der Waals surface area contributed by atoms with Crippen molar-refractivity contribution in [3.63, 3.8) is 0 Å². The Hall–Kier alpha value is -3.31. The van der Waals surface area contributed by atoms with Crippen LogP contribution in [0.25, 0.3) is 11.3 Å². The van der Waals surface area contributed by atoms with Crippen molar-refractivity contribution in [2.45, 2.75) is 57.0 Å². The lowest BCUT2D eigenvalue weighted by Gasteiger charge is -2.34. The molecule has 4 amide bonds. The maximum atomic E-state index is 13.5. The Kier molecular flexibility index (Phi) is 10.2. The highest BCUT2D eigenvalue weighted by Crippen LogP contribution is 2.27. The molecule has 0 spiro atoms. The zero-order valence-electron chi connectivity index (χ0n) is 21.4. The minimum atomic E-state index is -0.942. The Bertz CT molecular complexity index is 1080. The third-order valence-corrected chi connectivity index (χ3v) is 7.75. The molecule has 0 unspecified atom stereocenters. The van der Waals surface area contributed by atoms with Crippen LogP contribution in [0.1, 0.15) is 44.9 Å². The first-order valence-electron chi connectivity index (χ1n) is 13.2. The molecule has 1 saturated heterocycles. The number of rotatable bonds is 10. The van der Waals surface area contributed by atoms with Crippen LogP contribution in [0.5, 0.6) is 0 Å². The Morgan fingerprint density at radius 3 is 2.50 bits per heavy atom. The van der Waals surface area contributed by atoms with Gasteiger partial charge in [-0.05, 0) is 25.2 Å². The van der Waals surface area contributed by atoms with Gasteiger partial charge in [-0.3, -0.25) is 9.59 Å². The van der Waals surface area contributed by atoms with Crippen LogP contribution in [0.2, 0.25) is 0 Å². The summed E-state index contributed by atoms with van der Waals surface area (Å²) in [4.78, 5) is 56.9. The zero-order chi connectivity index (χ0) is 26.7. The van der Waals surface area contributed by atoms with Gasteiger partial charge in [-0.2, -0.15) is 0 Å². The second kappa shape index (κ2) is 14.0. The molecule has 3 N–H and O–H groups in total. The van der Waals surface area contributed by atoms with Gasteiger partial charge in [0.15, 0.2) is 5.13 Å². The third-order valence-electron chi connectivity index (χ3n) is 6.99. The summed E-state index contributed by atoms with van der Waals surface area (Å²) in [6.45, 7) is 1.86. The van der Waals surface area contributed by atoms with Crippen LogP contribution in [-0.2, 0) is 19.1 Å². The topological polar surface area (TPSA) is 130 Å². The van der Waals surface area contributed by atoms with E-state index in [0.717, 1.165) is 49.6 Å². The molecule has 0 bridgehead atoms. The molecule has 10 nitrogen and oxygen atoms in total. The molecule has 2 aromatic rings. The summed E-state index contributed by atoms with van der Waals surface area (Å²) in [5.41, 5.74) is 1.67. The number of nitrogens with one attached hydrogen (secondary N) is 3. The summed E-state index contributed by atoms with van der Waals surface area (Å²) < 4.78 is 5.33. The lowest BCUT2D eigenvalue weighted by atomic mass is 9.83. The van der Waals surface area contributed by atoms with Gasteiger partial charge in [0.1, 0.15) is 18.4 Å². The Labute approximate surface area is 226 Å². The van der Waals surface area contributed by atoms with Crippen molar-refractivity contribution >= 4 is 40.6 Å². The summed E-state index contributed by atoms with van der Waals surface area (Å²) in [6.07, 6.45) is 5.72. The number of nitrogens with zero attached hydrogens (tertiary/aromatic N) is 2. The van der Waals surface area contributed by atoms with E-state index in [-0.39, 0.29) is 24.8 Å². The van der Waals surface area contributed by atoms with Crippen molar-refractivity contribution in [1.82, 2.24) is 20.5 Å². The van der Waals surface area contributed by atoms with E-state index in [4.69, 9.17) is 4.74 Å². The van der Waals surface area contributed by atoms with Crippen LogP contribution in [0.3, 0.4) is 0 Å². The number of urea groups is 1. The summed E-state index contributed by atoms with van der Waals surface area (Å²) in [7, 11) is 0. The average Bonchev–Trinajstić information content (AvgIpc) is 3.43. The van der Waals surface area contributed by atoms with Crippen molar-refractivity contribution in [3.05, 3.63) is 35.7 Å². The van der Waals surface area contributed by atoms with Crippen molar-refractivity contribution in [3.8, 4) is 11.3 Å². The molecule has 4 rings (SSSR count). The Morgan fingerprint density at radius 1 is 1.05 bits per heavy atom. The minimum Gasteiger partial charge on any atom is -0.378 e. The van der Waals surface area contributed by atoms with Crippen molar-refractivity contribution in [2.24, 2.45) is 5.92 Å². The van der Waals surface area contributed by atoms with Crippen molar-refractivity contribution in [2.75, 3.05) is 31.6 Å². The zero-order valence-corrected chi connectivity index (χ0v) is 22.2. The minimum absolute atomic E-state index is 0.0177. The average molecular weight is 542 g/mol. The molecule has 204 valence electrons. The number of hydrogen-bond acceptors (Lipinski definition) is 7. The second-order valence-corrected chi connectivity index (χ2v) is 10.5. The van der Waals surface area contributed by atoms with Crippen LogP contribution in [0, 0.1) is 5.92 Å². The van der Waals surface area contributed by atoms with Gasteiger partial charge >= 0.3 is 6.03 Å². The van der Waals surface area contributed by atoms with Gasteiger partial charge in [-0.25, -0.2) is 9.78 Å². The fourth-order valence-corrected chi connectivity index (χ4v) is 5.61. The van der Waals surface area contributed by atoms with Gasteiger partial charge in [0.05, 0.1) is 18.9 Å². The fourth-order valence-electron chi connectivity index (χ4n) is 4.89. The van der Waals surface area contributed by atoms with E-state index in [1.807, 2.05) is 35.7 Å². The van der Waals surface area contributed by atoms with E-state index in [0.29, 0.717) is 31.4 Å². The van der Waals surface area contributed by atoms with E-state index in [1.54, 1.807) is 4.90 Å². The number of aldehydes is 1. The smallest absolute Gasteiger partial charge is 0.318 e. The first-order chi connectivity index (χ1) is 18.5. The van der Waals surface area contributed by atoms with Gasteiger partial charge in [0, 0.05) is 30.5 Å². The molecule has 1 aromatic heterocycles. The number of benzene rings is 1. The molecule has 1 saturated carbocycles. The summed E-state index contributed by atoms with van der Waals surface area (Å²) >= 11 is 1.29. The van der Waals surface area contributed by atoms with Crippen LogP contribution >= 0.6 is 11.3 Å². The van der Waals surface area contributed by atoms with E-state index in [1.165, 1.54) is 11.3 Å². The number of amides is 4. The summed E-state index contributed by atoms with van der Waals surface area (Å²) in [6, 6.07) is 7.61. The van der Waals surface area contributed by atoms with Crippen molar-refractivity contribution < 1.29 is 23.9 Å². The molecule has 2 fully saturated rings. The standard InChI is InChI=1S/C27H35N5O5S/c33-15-7-12-21(24(34)31-26-29-22(18-38-26)19-8-3-1-4-9-19)28-25(35)23(20-10-5-2-6-11-20)30-27(36)32-13-16-37-17-14-32/h1,3-4,8-9,15,18,20-21,23H,2,5-7,10-14,16-17H2,(H,28,35)(H,30,36)(H,29,31,34)/t21-,23+/m0/s1. The number of morpholine rings is 1. The maximum absolute atomic E-state index is 13.5. The highest BCUT2D eigenvalue weighted by Gasteiger charge is 2.34. The van der Waals surface area contributed by atoms with E-state index in [2.05, 4.69) is 20.9 Å². The van der Waals surface area contributed by atoms with Gasteiger partial charge in [0.2, 0.25) is 11.8 Å². The van der Waals surface area contributed by atoms with Crippen LogP contribution < -0.4 is 16.0 Å². The molecule has 0 radical (unpaired) electrons. The number of carbonyl (C=O) groups excluding carboxylic acids is 4. The number of aromatic nitrogens is 1. The number of ether oxygens (including phenoxy) is 1. The van der Waals surface area contributed by atoms with E-state index < -0.39 is 23.9 Å². The molecule has 1 aliphatic carbocycles. The van der Waals surface area contributed by atoms with Gasteiger partial charge in [-0.1, -0.05) is 49.6 Å².